The first-order valence-electron chi connectivity index (χ1n) is 10.4. The third kappa shape index (κ3) is 3.06. The molecule has 0 bridgehead atoms. The minimum absolute atomic E-state index is 0.0304. The normalized spacial score (nSPS) is 46.6. The number of epoxide rings is 2. The lowest BCUT2D eigenvalue weighted by Crippen LogP contribution is -2.46. The van der Waals surface area contributed by atoms with Gasteiger partial charge in [-0.25, -0.2) is 0 Å². The van der Waals surface area contributed by atoms with E-state index in [-0.39, 0.29) is 35.1 Å². The maximum absolute atomic E-state index is 11.4. The number of allylic oxidation sites excluding steroid dienone is 1. The van der Waals surface area contributed by atoms with Crippen molar-refractivity contribution in [1.29, 1.82) is 0 Å². The van der Waals surface area contributed by atoms with Gasteiger partial charge in [-0.15, -0.1) is 0 Å². The smallest absolute Gasteiger partial charge is 0.302 e. The van der Waals surface area contributed by atoms with Gasteiger partial charge >= 0.3 is 5.97 Å². The van der Waals surface area contributed by atoms with E-state index in [2.05, 4.69) is 13.5 Å². The lowest BCUT2D eigenvalue weighted by atomic mass is 9.67. The molecule has 27 heavy (non-hydrogen) atoms. The fourth-order valence-electron chi connectivity index (χ4n) is 6.11. The second-order valence-corrected chi connectivity index (χ2v) is 10.1. The van der Waals surface area contributed by atoms with Crippen molar-refractivity contribution in [3.05, 3.63) is 12.2 Å². The number of hydrogen-bond acceptors (Lipinski definition) is 5. The maximum atomic E-state index is 11.4. The van der Waals surface area contributed by atoms with Crippen LogP contribution in [0.15, 0.2) is 12.2 Å². The van der Waals surface area contributed by atoms with Gasteiger partial charge in [0.2, 0.25) is 0 Å². The highest BCUT2D eigenvalue weighted by Crippen LogP contribution is 2.69. The fraction of sp³-hybridized carbons (Fsp3) is 0.864. The molecule has 6 atom stereocenters. The van der Waals surface area contributed by atoms with Crippen molar-refractivity contribution in [1.82, 2.24) is 0 Å². The Labute approximate surface area is 162 Å². The van der Waals surface area contributed by atoms with E-state index in [4.69, 9.17) is 14.2 Å². The number of carbonyl (C=O) groups excluding carboxylic acids is 1. The highest BCUT2D eigenvalue weighted by Gasteiger charge is 2.77. The molecule has 0 unspecified atom stereocenters. The monoisotopic (exact) mass is 378 g/mol. The molecule has 5 nitrogen and oxygen atoms in total. The van der Waals surface area contributed by atoms with Gasteiger partial charge in [0.15, 0.2) is 0 Å². The molecule has 1 spiro atoms. The lowest BCUT2D eigenvalue weighted by Gasteiger charge is -2.37. The zero-order valence-electron chi connectivity index (χ0n) is 17.2. The van der Waals surface area contributed by atoms with Gasteiger partial charge in [-0.05, 0) is 57.8 Å². The van der Waals surface area contributed by atoms with Crippen LogP contribution in [0.1, 0.15) is 72.6 Å². The topological polar surface area (TPSA) is 71.6 Å². The van der Waals surface area contributed by atoms with Crippen LogP contribution in [-0.2, 0) is 19.0 Å². The van der Waals surface area contributed by atoms with Crippen molar-refractivity contribution in [2.45, 2.75) is 102 Å². The predicted molar refractivity (Wildman–Crippen MR) is 101 cm³/mol. The van der Waals surface area contributed by atoms with Crippen LogP contribution in [0.3, 0.4) is 0 Å². The average Bonchev–Trinajstić information content (AvgIpc) is 3.41. The summed E-state index contributed by atoms with van der Waals surface area (Å²) in [5.41, 5.74) is -0.235. The fourth-order valence-corrected chi connectivity index (χ4v) is 6.11. The van der Waals surface area contributed by atoms with Gasteiger partial charge in [0.1, 0.15) is 17.8 Å². The van der Waals surface area contributed by atoms with E-state index in [1.54, 1.807) is 0 Å². The minimum atomic E-state index is -0.781. The first-order chi connectivity index (χ1) is 12.5. The summed E-state index contributed by atoms with van der Waals surface area (Å²) in [5.74, 6) is -0.166. The van der Waals surface area contributed by atoms with Crippen molar-refractivity contribution in [2.75, 3.05) is 6.61 Å². The Bertz CT molecular complexity index is 652. The molecular weight excluding hydrogens is 344 g/mol. The summed E-state index contributed by atoms with van der Waals surface area (Å²) in [4.78, 5) is 11.4. The Kier molecular flexibility index (Phi) is 4.34. The molecule has 2 saturated heterocycles. The van der Waals surface area contributed by atoms with Crippen molar-refractivity contribution < 1.29 is 24.1 Å². The second-order valence-electron chi connectivity index (χ2n) is 10.1. The van der Waals surface area contributed by atoms with Crippen LogP contribution in [0, 0.1) is 11.3 Å². The molecule has 2 aliphatic carbocycles. The molecule has 4 rings (SSSR count). The molecule has 0 aromatic rings. The van der Waals surface area contributed by atoms with Crippen LogP contribution in [-0.4, -0.2) is 46.7 Å². The first kappa shape index (κ1) is 19.4. The van der Waals surface area contributed by atoms with Gasteiger partial charge in [-0.1, -0.05) is 19.1 Å². The Morgan fingerprint density at radius 1 is 1.26 bits per heavy atom. The third-order valence-electron chi connectivity index (χ3n) is 7.80. The number of esters is 1. The summed E-state index contributed by atoms with van der Waals surface area (Å²) < 4.78 is 18.0. The van der Waals surface area contributed by atoms with E-state index in [1.165, 1.54) is 12.5 Å². The summed E-state index contributed by atoms with van der Waals surface area (Å²) in [6, 6.07) is 0. The molecule has 2 saturated carbocycles. The molecule has 2 aliphatic heterocycles. The van der Waals surface area contributed by atoms with Gasteiger partial charge in [-0.2, -0.15) is 0 Å². The van der Waals surface area contributed by atoms with E-state index in [0.29, 0.717) is 6.61 Å². The maximum Gasteiger partial charge on any atom is 0.302 e. The highest BCUT2D eigenvalue weighted by molar-refractivity contribution is 5.66. The number of hydrogen-bond donors (Lipinski definition) is 1. The summed E-state index contributed by atoms with van der Waals surface area (Å²) in [6.07, 6.45) is 6.85. The van der Waals surface area contributed by atoms with E-state index in [1.807, 2.05) is 13.8 Å². The lowest BCUT2D eigenvalue weighted by molar-refractivity contribution is -0.142. The van der Waals surface area contributed by atoms with Crippen LogP contribution in [0.5, 0.6) is 0 Å². The Morgan fingerprint density at radius 2 is 2.00 bits per heavy atom. The largest absolute Gasteiger partial charge is 0.463 e. The van der Waals surface area contributed by atoms with Crippen LogP contribution in [0.2, 0.25) is 0 Å². The molecular formula is C22H34O5. The number of rotatable bonds is 3. The highest BCUT2D eigenvalue weighted by atomic mass is 16.7. The second kappa shape index (κ2) is 6.04. The number of aliphatic hydroxyl groups is 1. The van der Waals surface area contributed by atoms with E-state index < -0.39 is 11.2 Å². The van der Waals surface area contributed by atoms with E-state index >= 15 is 0 Å². The molecule has 0 radical (unpaired) electrons. The van der Waals surface area contributed by atoms with Crippen LogP contribution < -0.4 is 0 Å². The molecule has 0 aromatic heterocycles. The van der Waals surface area contributed by atoms with E-state index in [9.17, 15) is 9.90 Å². The number of ether oxygens (including phenoxy) is 3. The molecule has 152 valence electrons. The standard InChI is InChI=1S/C22H34O5/c1-14-6-7-17-21(26-17,13-25-15(2)23)12-18-22(27-18)16(19(3,4)24)9-11-20(22,5)10-8-14/h16-18,24H,1,6-13H2,2-5H3/t16-,17+,18-,20+,21-,22-/m0/s1. The van der Waals surface area contributed by atoms with Gasteiger partial charge in [0.25, 0.3) is 0 Å². The quantitative estimate of drug-likeness (QED) is 0.462. The Morgan fingerprint density at radius 3 is 2.67 bits per heavy atom. The van der Waals surface area contributed by atoms with E-state index in [0.717, 1.165) is 44.9 Å². The van der Waals surface area contributed by atoms with Crippen LogP contribution >= 0.6 is 0 Å². The molecule has 4 aliphatic rings. The number of carbonyl (C=O) groups is 1. The summed E-state index contributed by atoms with van der Waals surface area (Å²) in [6.45, 7) is 12.2. The Balaban J connectivity index is 1.64. The summed E-state index contributed by atoms with van der Waals surface area (Å²) >= 11 is 0. The predicted octanol–water partition coefficient (Wildman–Crippen LogP) is 3.53. The van der Waals surface area contributed by atoms with Crippen LogP contribution in [0.4, 0.5) is 0 Å². The third-order valence-corrected chi connectivity index (χ3v) is 7.80. The van der Waals surface area contributed by atoms with Gasteiger partial charge < -0.3 is 19.3 Å². The van der Waals surface area contributed by atoms with Crippen LogP contribution in [0.25, 0.3) is 0 Å². The molecule has 0 amide bonds. The molecule has 2 heterocycles. The molecule has 1 N–H and O–H groups in total. The van der Waals surface area contributed by atoms with Gasteiger partial charge in [0, 0.05) is 19.3 Å². The SMILES string of the molecule is C=C1CC[C@H]2O[C@]2(COC(C)=O)C[C@@H]2O[C@@]23[C@H](C(C)(C)O)CC[C@@]3(C)CC1. The summed E-state index contributed by atoms with van der Waals surface area (Å²) in [7, 11) is 0. The zero-order valence-corrected chi connectivity index (χ0v) is 17.2. The molecule has 5 heteroatoms. The zero-order chi connectivity index (χ0) is 19.7. The van der Waals surface area contributed by atoms with Crippen molar-refractivity contribution in [2.24, 2.45) is 11.3 Å². The molecule has 0 aromatic carbocycles. The molecule has 4 fully saturated rings. The minimum Gasteiger partial charge on any atom is -0.463 e. The first-order valence-corrected chi connectivity index (χ1v) is 10.4. The average molecular weight is 379 g/mol. The number of fused-ring (bicyclic) bond motifs is 1. The Hall–Kier alpha value is -0.910. The van der Waals surface area contributed by atoms with Gasteiger partial charge in [0.05, 0.1) is 17.8 Å². The van der Waals surface area contributed by atoms with Gasteiger partial charge in [-0.3, -0.25) is 4.79 Å². The van der Waals surface area contributed by atoms with Crippen molar-refractivity contribution in [3.63, 3.8) is 0 Å². The summed E-state index contributed by atoms with van der Waals surface area (Å²) in [5, 5.41) is 10.9. The van der Waals surface area contributed by atoms with Crippen molar-refractivity contribution >= 4 is 5.97 Å². The van der Waals surface area contributed by atoms with Crippen molar-refractivity contribution in [3.8, 4) is 0 Å².